The number of anilines is 1. The highest BCUT2D eigenvalue weighted by molar-refractivity contribution is 7.71. The van der Waals surface area contributed by atoms with Crippen molar-refractivity contribution in [2.45, 2.75) is 13.0 Å². The second-order valence-corrected chi connectivity index (χ2v) is 7.82. The molecule has 0 bridgehead atoms. The van der Waals surface area contributed by atoms with E-state index in [1.807, 2.05) is 54.1 Å². The molecule has 0 aliphatic heterocycles. The van der Waals surface area contributed by atoms with E-state index in [1.165, 1.54) is 4.70 Å². The second-order valence-electron chi connectivity index (χ2n) is 5.54. The predicted octanol–water partition coefficient (Wildman–Crippen LogP) is 5.08. The van der Waals surface area contributed by atoms with Crippen LogP contribution in [0.25, 0.3) is 20.8 Å². The molecule has 0 saturated carbocycles. The Labute approximate surface area is 156 Å². The van der Waals surface area contributed by atoms with E-state index in [4.69, 9.17) is 12.2 Å². The number of nitrogens with zero attached hydrogens (tertiary/aromatic N) is 2. The van der Waals surface area contributed by atoms with Crippen molar-refractivity contribution in [3.8, 4) is 10.7 Å². The van der Waals surface area contributed by atoms with Gasteiger partial charge in [-0.3, -0.25) is 14.5 Å². The molecule has 1 amide bonds. The van der Waals surface area contributed by atoms with E-state index in [9.17, 15) is 4.79 Å². The molecule has 0 spiro atoms. The second kappa shape index (κ2) is 6.55. The summed E-state index contributed by atoms with van der Waals surface area (Å²) in [6.45, 7) is 1.82. The maximum absolute atomic E-state index is 12.7. The van der Waals surface area contributed by atoms with Crippen molar-refractivity contribution < 1.29 is 4.79 Å². The number of carbonyl (C=O) groups excluding carboxylic acids is 1. The van der Waals surface area contributed by atoms with E-state index in [0.29, 0.717) is 10.6 Å². The molecular formula is C17H14N4OS3. The first kappa shape index (κ1) is 16.2. The van der Waals surface area contributed by atoms with Crippen LogP contribution >= 0.6 is 34.9 Å². The Balaban J connectivity index is 1.62. The Morgan fingerprint density at radius 1 is 1.28 bits per heavy atom. The summed E-state index contributed by atoms with van der Waals surface area (Å²) in [5.74, 6) is 0.542. The summed E-state index contributed by atoms with van der Waals surface area (Å²) in [5.41, 5.74) is 0.774. The summed E-state index contributed by atoms with van der Waals surface area (Å²) < 4.78 is 3.38. The van der Waals surface area contributed by atoms with Crippen LogP contribution in [0.15, 0.2) is 47.2 Å². The van der Waals surface area contributed by atoms with E-state index >= 15 is 0 Å². The number of rotatable bonds is 4. The normalized spacial score (nSPS) is 12.4. The van der Waals surface area contributed by atoms with Crippen LogP contribution in [0.5, 0.6) is 0 Å². The number of carbonyl (C=O) groups is 1. The van der Waals surface area contributed by atoms with E-state index in [0.717, 1.165) is 16.0 Å². The fraction of sp³-hybridized carbons (Fsp3) is 0.118. The fourth-order valence-electron chi connectivity index (χ4n) is 2.65. The predicted molar refractivity (Wildman–Crippen MR) is 106 cm³/mol. The fourth-order valence-corrected chi connectivity index (χ4v) is 4.42. The Morgan fingerprint density at radius 2 is 2.16 bits per heavy atom. The van der Waals surface area contributed by atoms with Crippen LogP contribution in [0.1, 0.15) is 13.0 Å². The quantitative estimate of drug-likeness (QED) is 0.481. The Kier molecular flexibility index (Phi) is 4.24. The number of hydrogen-bond donors (Lipinski definition) is 2. The maximum atomic E-state index is 12.7. The van der Waals surface area contributed by atoms with Gasteiger partial charge in [-0.05, 0) is 65.6 Å². The molecule has 8 heteroatoms. The third-order valence-corrected chi connectivity index (χ3v) is 5.98. The number of H-pyrrole nitrogens is 1. The van der Waals surface area contributed by atoms with Gasteiger partial charge in [0.2, 0.25) is 5.91 Å². The average molecular weight is 387 g/mol. The Hall–Kier alpha value is -2.29. The molecule has 1 aromatic carbocycles. The van der Waals surface area contributed by atoms with Gasteiger partial charge in [0.05, 0.1) is 4.88 Å². The average Bonchev–Trinajstić information content (AvgIpc) is 3.33. The highest BCUT2D eigenvalue weighted by atomic mass is 32.1. The van der Waals surface area contributed by atoms with Crippen molar-refractivity contribution in [3.63, 3.8) is 0 Å². The molecular weight excluding hydrogens is 372 g/mol. The molecule has 2 N–H and O–H groups in total. The summed E-state index contributed by atoms with van der Waals surface area (Å²) in [6.07, 6.45) is 0. The number of amides is 1. The van der Waals surface area contributed by atoms with Gasteiger partial charge in [0.25, 0.3) is 0 Å². The summed E-state index contributed by atoms with van der Waals surface area (Å²) >= 11 is 8.57. The first-order chi connectivity index (χ1) is 12.1. The SMILES string of the molecule is CC(C(=O)Nc1ccc2sccc2c1)n1c(-c2cccs2)n[nH]c1=S. The van der Waals surface area contributed by atoms with Crippen LogP contribution in [0.3, 0.4) is 0 Å². The molecule has 0 radical (unpaired) electrons. The number of nitrogens with one attached hydrogen (secondary N) is 2. The van der Waals surface area contributed by atoms with E-state index in [-0.39, 0.29) is 5.91 Å². The zero-order valence-electron chi connectivity index (χ0n) is 13.2. The first-order valence-electron chi connectivity index (χ1n) is 7.62. The van der Waals surface area contributed by atoms with E-state index in [2.05, 4.69) is 15.5 Å². The Morgan fingerprint density at radius 3 is 2.96 bits per heavy atom. The maximum Gasteiger partial charge on any atom is 0.247 e. The monoisotopic (exact) mass is 386 g/mol. The minimum Gasteiger partial charge on any atom is -0.324 e. The van der Waals surface area contributed by atoms with Crippen molar-refractivity contribution in [1.29, 1.82) is 0 Å². The largest absolute Gasteiger partial charge is 0.324 e. The van der Waals surface area contributed by atoms with Gasteiger partial charge < -0.3 is 5.32 Å². The van der Waals surface area contributed by atoms with Crippen LogP contribution in [-0.2, 0) is 4.79 Å². The van der Waals surface area contributed by atoms with Gasteiger partial charge in [-0.15, -0.1) is 22.7 Å². The molecule has 0 saturated heterocycles. The van der Waals surface area contributed by atoms with Crippen molar-refractivity contribution >= 4 is 56.6 Å². The lowest BCUT2D eigenvalue weighted by atomic mass is 10.2. The van der Waals surface area contributed by atoms with E-state index in [1.54, 1.807) is 27.2 Å². The van der Waals surface area contributed by atoms with Crippen molar-refractivity contribution in [2.75, 3.05) is 5.32 Å². The van der Waals surface area contributed by atoms with Gasteiger partial charge in [0.15, 0.2) is 10.6 Å². The van der Waals surface area contributed by atoms with Gasteiger partial charge in [-0.1, -0.05) is 6.07 Å². The van der Waals surface area contributed by atoms with Crippen molar-refractivity contribution in [2.24, 2.45) is 0 Å². The lowest BCUT2D eigenvalue weighted by molar-refractivity contribution is -0.118. The van der Waals surface area contributed by atoms with Crippen molar-refractivity contribution in [3.05, 3.63) is 51.9 Å². The minimum atomic E-state index is -0.485. The standard InChI is InChI=1S/C17H14N4OS3/c1-10(21-15(19-20-17(21)23)14-3-2-7-24-14)16(22)18-12-4-5-13-11(9-12)6-8-25-13/h2-10H,1H3,(H,18,22)(H,20,23). The number of aromatic amines is 1. The first-order valence-corrected chi connectivity index (χ1v) is 9.79. The van der Waals surface area contributed by atoms with Crippen LogP contribution < -0.4 is 5.32 Å². The van der Waals surface area contributed by atoms with Crippen LogP contribution in [0.2, 0.25) is 0 Å². The number of benzene rings is 1. The molecule has 126 valence electrons. The summed E-state index contributed by atoms with van der Waals surface area (Å²) in [5, 5.41) is 15.2. The molecule has 5 nitrogen and oxygen atoms in total. The smallest absolute Gasteiger partial charge is 0.247 e. The molecule has 0 fully saturated rings. The minimum absolute atomic E-state index is 0.134. The zero-order valence-corrected chi connectivity index (χ0v) is 15.7. The van der Waals surface area contributed by atoms with Crippen molar-refractivity contribution in [1.82, 2.24) is 14.8 Å². The lowest BCUT2D eigenvalue weighted by Crippen LogP contribution is -2.24. The molecule has 4 rings (SSSR count). The molecule has 1 atom stereocenters. The summed E-state index contributed by atoms with van der Waals surface area (Å²) in [6, 6.07) is 11.4. The lowest BCUT2D eigenvalue weighted by Gasteiger charge is -2.15. The van der Waals surface area contributed by atoms with Crippen LogP contribution in [0.4, 0.5) is 5.69 Å². The number of thiophene rings is 2. The number of hydrogen-bond acceptors (Lipinski definition) is 5. The molecule has 1 unspecified atom stereocenters. The topological polar surface area (TPSA) is 62.7 Å². The van der Waals surface area contributed by atoms with Gasteiger partial charge in [0.1, 0.15) is 6.04 Å². The molecule has 4 aromatic rings. The number of fused-ring (bicyclic) bond motifs is 1. The molecule has 25 heavy (non-hydrogen) atoms. The highest BCUT2D eigenvalue weighted by Gasteiger charge is 2.21. The Bertz CT molecular complexity index is 1090. The van der Waals surface area contributed by atoms with E-state index < -0.39 is 6.04 Å². The van der Waals surface area contributed by atoms with Gasteiger partial charge in [0, 0.05) is 10.4 Å². The van der Waals surface area contributed by atoms with Crippen LogP contribution in [-0.4, -0.2) is 20.7 Å². The number of aromatic nitrogens is 3. The third-order valence-electron chi connectivity index (χ3n) is 3.93. The third kappa shape index (κ3) is 3.04. The molecule has 3 heterocycles. The van der Waals surface area contributed by atoms with Gasteiger partial charge in [-0.25, -0.2) is 0 Å². The summed E-state index contributed by atoms with van der Waals surface area (Å²) in [4.78, 5) is 13.7. The molecule has 3 aromatic heterocycles. The van der Waals surface area contributed by atoms with Crippen LogP contribution in [0, 0.1) is 4.77 Å². The zero-order chi connectivity index (χ0) is 17.4. The summed E-state index contributed by atoms with van der Waals surface area (Å²) in [7, 11) is 0. The highest BCUT2D eigenvalue weighted by Crippen LogP contribution is 2.27. The molecule has 0 aliphatic rings. The van der Waals surface area contributed by atoms with Gasteiger partial charge >= 0.3 is 0 Å². The van der Waals surface area contributed by atoms with Gasteiger partial charge in [-0.2, -0.15) is 5.10 Å². The molecule has 0 aliphatic carbocycles.